The molecule has 0 aliphatic rings. The minimum absolute atomic E-state index is 0.430. The van der Waals surface area contributed by atoms with E-state index in [-0.39, 0.29) is 0 Å². The van der Waals surface area contributed by atoms with E-state index in [0.29, 0.717) is 10.6 Å². The smallest absolute Gasteiger partial charge is 0.328 e. The molecule has 0 amide bonds. The second-order valence-electron chi connectivity index (χ2n) is 2.20. The van der Waals surface area contributed by atoms with Gasteiger partial charge in [0.2, 0.25) is 0 Å². The van der Waals surface area contributed by atoms with Crippen molar-refractivity contribution in [1.29, 1.82) is 0 Å². The Morgan fingerprint density at radius 2 is 1.92 bits per heavy atom. The Morgan fingerprint density at radius 1 is 1.31 bits per heavy atom. The summed E-state index contributed by atoms with van der Waals surface area (Å²) in [6, 6.07) is 6.78. The molecule has 0 bridgehead atoms. The van der Waals surface area contributed by atoms with Crippen LogP contribution in [0.15, 0.2) is 24.3 Å². The van der Waals surface area contributed by atoms with E-state index in [9.17, 15) is 0 Å². The van der Waals surface area contributed by atoms with E-state index in [1.165, 1.54) is 0 Å². The average molecular weight is 241 g/mol. The predicted octanol–water partition coefficient (Wildman–Crippen LogP) is 2.81. The van der Waals surface area contributed by atoms with Crippen LogP contribution in [0.1, 0.15) is 11.1 Å². The summed E-state index contributed by atoms with van der Waals surface area (Å²) in [5.41, 5.74) is -0.420. The van der Waals surface area contributed by atoms with Crippen LogP contribution in [-0.4, -0.2) is 9.79 Å². The van der Waals surface area contributed by atoms with Crippen LogP contribution in [-0.2, 0) is 4.52 Å². The summed E-state index contributed by atoms with van der Waals surface area (Å²) in [5, 5.41) is 0.430. The lowest BCUT2D eigenvalue weighted by Crippen LogP contribution is -1.93. The van der Waals surface area contributed by atoms with Crippen molar-refractivity contribution >= 4 is 31.8 Å². The molecule has 0 fully saturated rings. The topological polar surface area (TPSA) is 49.7 Å². The van der Waals surface area contributed by atoms with Crippen LogP contribution in [0.5, 0.6) is 0 Å². The van der Waals surface area contributed by atoms with Gasteiger partial charge in [0.05, 0.1) is 0 Å². The molecule has 1 atom stereocenters. The van der Waals surface area contributed by atoms with Gasteiger partial charge < -0.3 is 9.79 Å². The monoisotopic (exact) mass is 240 g/mol. The molecule has 0 aromatic heterocycles. The first-order chi connectivity index (χ1) is 6.11. The largest absolute Gasteiger partial charge is 0.328 e. The van der Waals surface area contributed by atoms with Gasteiger partial charge in [-0.3, -0.25) is 4.52 Å². The lowest BCUT2D eigenvalue weighted by Gasteiger charge is -2.12. The molecule has 6 heteroatoms. The second kappa shape index (κ2) is 5.11. The van der Waals surface area contributed by atoms with Gasteiger partial charge in [0.15, 0.2) is 5.56 Å². The van der Waals surface area contributed by atoms with Crippen molar-refractivity contribution in [3.05, 3.63) is 34.9 Å². The van der Waals surface area contributed by atoms with Gasteiger partial charge >= 0.3 is 8.60 Å². The third kappa shape index (κ3) is 3.39. The van der Waals surface area contributed by atoms with Gasteiger partial charge in [0.25, 0.3) is 0 Å². The van der Waals surface area contributed by atoms with Crippen molar-refractivity contribution in [3.8, 4) is 0 Å². The van der Waals surface area contributed by atoms with Gasteiger partial charge in [-0.2, -0.15) is 0 Å². The predicted molar refractivity (Wildman–Crippen MR) is 52.5 cm³/mol. The molecule has 1 aromatic rings. The zero-order chi connectivity index (χ0) is 9.84. The van der Waals surface area contributed by atoms with Crippen LogP contribution in [0.2, 0.25) is 5.02 Å². The van der Waals surface area contributed by atoms with Crippen molar-refractivity contribution in [1.82, 2.24) is 0 Å². The SMILES string of the molecule is OP(O)OC(Cl)c1ccccc1Cl. The Balaban J connectivity index is 2.76. The fraction of sp³-hybridized carbons (Fsp3) is 0.143. The van der Waals surface area contributed by atoms with E-state index in [2.05, 4.69) is 4.52 Å². The summed E-state index contributed by atoms with van der Waals surface area (Å²) in [7, 11) is -2.47. The molecular weight excluding hydrogens is 234 g/mol. The highest BCUT2D eigenvalue weighted by Gasteiger charge is 2.15. The number of hydrogen-bond acceptors (Lipinski definition) is 3. The van der Waals surface area contributed by atoms with Crippen molar-refractivity contribution in [2.45, 2.75) is 5.56 Å². The normalized spacial score (nSPS) is 13.3. The molecule has 0 heterocycles. The zero-order valence-electron chi connectivity index (χ0n) is 6.39. The van der Waals surface area contributed by atoms with E-state index in [0.717, 1.165) is 0 Å². The molecule has 13 heavy (non-hydrogen) atoms. The molecular formula is C7H7Cl2O3P. The third-order valence-electron chi connectivity index (χ3n) is 1.34. The highest BCUT2D eigenvalue weighted by Crippen LogP contribution is 2.38. The fourth-order valence-electron chi connectivity index (χ4n) is 0.799. The molecule has 0 saturated carbocycles. The second-order valence-corrected chi connectivity index (χ2v) is 3.72. The lowest BCUT2D eigenvalue weighted by atomic mass is 10.2. The number of alkyl halides is 1. The maximum absolute atomic E-state index is 8.55. The number of rotatable bonds is 3. The molecule has 72 valence electrons. The summed E-state index contributed by atoms with van der Waals surface area (Å²) in [6.07, 6.45) is 0. The molecule has 0 saturated heterocycles. The molecule has 1 rings (SSSR count). The molecule has 3 nitrogen and oxygen atoms in total. The molecule has 0 spiro atoms. The van der Waals surface area contributed by atoms with E-state index < -0.39 is 14.2 Å². The minimum Gasteiger partial charge on any atom is -0.328 e. The summed E-state index contributed by atoms with van der Waals surface area (Å²) in [6.45, 7) is 0. The van der Waals surface area contributed by atoms with Gasteiger partial charge in [0, 0.05) is 10.6 Å². The fourth-order valence-corrected chi connectivity index (χ4v) is 1.77. The molecule has 2 N–H and O–H groups in total. The minimum atomic E-state index is -2.47. The maximum Gasteiger partial charge on any atom is 0.328 e. The van der Waals surface area contributed by atoms with Crippen molar-refractivity contribution in [3.63, 3.8) is 0 Å². The van der Waals surface area contributed by atoms with E-state index in [1.54, 1.807) is 24.3 Å². The Hall–Kier alpha value is 0.110. The Kier molecular flexibility index (Phi) is 4.39. The van der Waals surface area contributed by atoms with Crippen LogP contribution in [0.4, 0.5) is 0 Å². The molecule has 1 aromatic carbocycles. The lowest BCUT2D eigenvalue weighted by molar-refractivity contribution is 0.234. The molecule has 0 aliphatic carbocycles. The van der Waals surface area contributed by atoms with E-state index >= 15 is 0 Å². The number of benzene rings is 1. The highest BCUT2D eigenvalue weighted by atomic mass is 35.5. The van der Waals surface area contributed by atoms with Gasteiger partial charge in [-0.1, -0.05) is 41.4 Å². The summed E-state index contributed by atoms with van der Waals surface area (Å²) in [5.74, 6) is 0. The average Bonchev–Trinajstić information content (AvgIpc) is 2.03. The maximum atomic E-state index is 8.55. The van der Waals surface area contributed by atoms with E-state index in [1.807, 2.05) is 0 Å². The standard InChI is InChI=1S/C7H7Cl2O3P/c8-6-4-2-1-3-5(6)7(9)12-13(10)11/h1-4,7,10-11H. The zero-order valence-corrected chi connectivity index (χ0v) is 8.80. The quantitative estimate of drug-likeness (QED) is 0.631. The van der Waals surface area contributed by atoms with Crippen LogP contribution in [0, 0.1) is 0 Å². The first-order valence-corrected chi connectivity index (χ1v) is 5.32. The van der Waals surface area contributed by atoms with Crippen LogP contribution in [0.3, 0.4) is 0 Å². The summed E-state index contributed by atoms with van der Waals surface area (Å²) in [4.78, 5) is 17.1. The number of halogens is 2. The van der Waals surface area contributed by atoms with Crippen molar-refractivity contribution in [2.24, 2.45) is 0 Å². The number of hydrogen-bond donors (Lipinski definition) is 2. The first kappa shape index (κ1) is 11.2. The molecule has 0 aliphatic heterocycles. The molecule has 0 radical (unpaired) electrons. The molecule has 1 unspecified atom stereocenters. The summed E-state index contributed by atoms with van der Waals surface area (Å²) >= 11 is 11.5. The summed E-state index contributed by atoms with van der Waals surface area (Å²) < 4.78 is 4.57. The Morgan fingerprint density at radius 3 is 2.46 bits per heavy atom. The Labute approximate surface area is 86.9 Å². The van der Waals surface area contributed by atoms with Gasteiger partial charge in [-0.15, -0.1) is 0 Å². The van der Waals surface area contributed by atoms with Gasteiger partial charge in [-0.05, 0) is 6.07 Å². The Bertz CT molecular complexity index is 282. The van der Waals surface area contributed by atoms with Crippen molar-refractivity contribution < 1.29 is 14.3 Å². The highest BCUT2D eigenvalue weighted by molar-refractivity contribution is 7.39. The third-order valence-corrected chi connectivity index (χ3v) is 2.53. The van der Waals surface area contributed by atoms with Gasteiger partial charge in [0.1, 0.15) is 0 Å². The van der Waals surface area contributed by atoms with Crippen LogP contribution >= 0.6 is 31.8 Å². The van der Waals surface area contributed by atoms with Crippen LogP contribution < -0.4 is 0 Å². The van der Waals surface area contributed by atoms with Crippen LogP contribution in [0.25, 0.3) is 0 Å². The first-order valence-electron chi connectivity index (χ1n) is 3.34. The van der Waals surface area contributed by atoms with E-state index in [4.69, 9.17) is 33.0 Å². The van der Waals surface area contributed by atoms with Gasteiger partial charge in [-0.25, -0.2) is 0 Å². The van der Waals surface area contributed by atoms with Crippen molar-refractivity contribution in [2.75, 3.05) is 0 Å².